The minimum atomic E-state index is 0.0256. The summed E-state index contributed by atoms with van der Waals surface area (Å²) in [5.74, 6) is 1.19. The van der Waals surface area contributed by atoms with Gasteiger partial charge >= 0.3 is 0 Å². The maximum atomic E-state index is 13.5. The second kappa shape index (κ2) is 10.7. The SMILES string of the molecule is CC1CCN(c2ccc(NC(=O)CC(C)CC(C)(C)C)cc2C(=O)N2CCCCC2)CC1. The summed E-state index contributed by atoms with van der Waals surface area (Å²) in [6, 6.07) is 5.92. The molecule has 2 aliphatic heterocycles. The third-order valence-corrected chi connectivity index (χ3v) is 6.77. The van der Waals surface area contributed by atoms with Gasteiger partial charge in [-0.3, -0.25) is 9.59 Å². The highest BCUT2D eigenvalue weighted by Crippen LogP contribution is 2.31. The highest BCUT2D eigenvalue weighted by molar-refractivity contribution is 6.02. The van der Waals surface area contributed by atoms with E-state index in [1.165, 1.54) is 6.42 Å². The Hall–Kier alpha value is -2.04. The van der Waals surface area contributed by atoms with Gasteiger partial charge in [0, 0.05) is 44.0 Å². The van der Waals surface area contributed by atoms with Crippen LogP contribution >= 0.6 is 0 Å². The molecule has 5 heteroatoms. The van der Waals surface area contributed by atoms with Crippen molar-refractivity contribution < 1.29 is 9.59 Å². The van der Waals surface area contributed by atoms with Gasteiger partial charge in [0.15, 0.2) is 0 Å². The minimum Gasteiger partial charge on any atom is -0.371 e. The summed E-state index contributed by atoms with van der Waals surface area (Å²) < 4.78 is 0. The second-order valence-corrected chi connectivity index (χ2v) is 11.4. The fourth-order valence-electron chi connectivity index (χ4n) is 5.22. The van der Waals surface area contributed by atoms with Crippen LogP contribution in [0.1, 0.15) is 89.9 Å². The Morgan fingerprint density at radius 2 is 1.72 bits per heavy atom. The highest BCUT2D eigenvalue weighted by Gasteiger charge is 2.26. The van der Waals surface area contributed by atoms with Crippen molar-refractivity contribution in [2.24, 2.45) is 17.3 Å². The molecule has 0 saturated carbocycles. The van der Waals surface area contributed by atoms with Gasteiger partial charge in [-0.2, -0.15) is 0 Å². The largest absolute Gasteiger partial charge is 0.371 e. The van der Waals surface area contributed by atoms with E-state index in [4.69, 9.17) is 0 Å². The van der Waals surface area contributed by atoms with E-state index in [9.17, 15) is 9.59 Å². The Kier molecular flexibility index (Phi) is 8.24. The fourth-order valence-corrected chi connectivity index (χ4v) is 5.22. The molecule has 1 aromatic carbocycles. The van der Waals surface area contributed by atoms with Gasteiger partial charge in [-0.05, 0) is 74.0 Å². The van der Waals surface area contributed by atoms with Crippen LogP contribution < -0.4 is 10.2 Å². The third kappa shape index (κ3) is 6.98. The zero-order valence-corrected chi connectivity index (χ0v) is 20.9. The lowest BCUT2D eigenvalue weighted by molar-refractivity contribution is -0.117. The van der Waals surface area contributed by atoms with Gasteiger partial charge in [0.25, 0.3) is 5.91 Å². The van der Waals surface area contributed by atoms with Crippen molar-refractivity contribution in [3.05, 3.63) is 23.8 Å². The van der Waals surface area contributed by atoms with Gasteiger partial charge in [0.05, 0.1) is 5.56 Å². The number of carbonyl (C=O) groups excluding carboxylic acids is 2. The van der Waals surface area contributed by atoms with Gasteiger partial charge in [-0.15, -0.1) is 0 Å². The van der Waals surface area contributed by atoms with E-state index in [1.54, 1.807) is 0 Å². The van der Waals surface area contributed by atoms with Crippen molar-refractivity contribution in [1.82, 2.24) is 4.90 Å². The summed E-state index contributed by atoms with van der Waals surface area (Å²) in [6.45, 7) is 14.7. The number of rotatable bonds is 6. The number of hydrogen-bond donors (Lipinski definition) is 1. The number of piperidine rings is 2. The maximum absolute atomic E-state index is 13.5. The molecule has 3 rings (SSSR count). The molecule has 2 aliphatic rings. The predicted octanol–water partition coefficient (Wildman–Crippen LogP) is 5.95. The number of amides is 2. The van der Waals surface area contributed by atoms with Gasteiger partial charge < -0.3 is 15.1 Å². The van der Waals surface area contributed by atoms with Gasteiger partial charge in [-0.25, -0.2) is 0 Å². The molecule has 1 N–H and O–H groups in total. The molecule has 0 aromatic heterocycles. The van der Waals surface area contributed by atoms with Crippen LogP contribution in [-0.2, 0) is 4.79 Å². The molecule has 2 amide bonds. The molecule has 178 valence electrons. The number of hydrogen-bond acceptors (Lipinski definition) is 3. The van der Waals surface area contributed by atoms with E-state index in [2.05, 4.69) is 44.8 Å². The molecule has 1 atom stereocenters. The zero-order valence-electron chi connectivity index (χ0n) is 20.9. The number of nitrogens with zero attached hydrogens (tertiary/aromatic N) is 2. The van der Waals surface area contributed by atoms with Crippen LogP contribution in [0, 0.1) is 17.3 Å². The summed E-state index contributed by atoms with van der Waals surface area (Å²) in [5, 5.41) is 3.07. The highest BCUT2D eigenvalue weighted by atomic mass is 16.2. The first-order chi connectivity index (χ1) is 15.1. The molecule has 2 fully saturated rings. The Labute approximate surface area is 194 Å². The van der Waals surface area contributed by atoms with Crippen LogP contribution in [-0.4, -0.2) is 42.9 Å². The van der Waals surface area contributed by atoms with Crippen molar-refractivity contribution in [2.45, 2.75) is 79.6 Å². The van der Waals surface area contributed by atoms with Crippen LogP contribution in [0.25, 0.3) is 0 Å². The van der Waals surface area contributed by atoms with Crippen LogP contribution in [0.5, 0.6) is 0 Å². The van der Waals surface area contributed by atoms with E-state index in [1.807, 2.05) is 23.1 Å². The Bertz CT molecular complexity index is 785. The average molecular weight is 442 g/mol. The zero-order chi connectivity index (χ0) is 23.3. The first kappa shape index (κ1) is 24.6. The molecular weight excluding hydrogens is 398 g/mol. The summed E-state index contributed by atoms with van der Waals surface area (Å²) in [7, 11) is 0. The molecule has 2 heterocycles. The van der Waals surface area contributed by atoms with Crippen LogP contribution in [0.15, 0.2) is 18.2 Å². The summed E-state index contributed by atoms with van der Waals surface area (Å²) in [4.78, 5) is 30.5. The van der Waals surface area contributed by atoms with Crippen molar-refractivity contribution in [3.8, 4) is 0 Å². The quantitative estimate of drug-likeness (QED) is 0.593. The predicted molar refractivity (Wildman–Crippen MR) is 133 cm³/mol. The molecule has 0 bridgehead atoms. The Balaban J connectivity index is 1.77. The molecule has 2 saturated heterocycles. The summed E-state index contributed by atoms with van der Waals surface area (Å²) in [6.07, 6.45) is 7.16. The second-order valence-electron chi connectivity index (χ2n) is 11.4. The fraction of sp³-hybridized carbons (Fsp3) is 0.704. The normalized spacial score (nSPS) is 19.0. The summed E-state index contributed by atoms with van der Waals surface area (Å²) >= 11 is 0. The Morgan fingerprint density at radius 1 is 1.06 bits per heavy atom. The van der Waals surface area contributed by atoms with E-state index >= 15 is 0 Å². The molecular formula is C27H43N3O2. The smallest absolute Gasteiger partial charge is 0.256 e. The van der Waals surface area contributed by atoms with E-state index in [0.717, 1.165) is 81.1 Å². The van der Waals surface area contributed by atoms with Crippen molar-refractivity contribution in [3.63, 3.8) is 0 Å². The lowest BCUT2D eigenvalue weighted by Gasteiger charge is -2.35. The molecule has 1 unspecified atom stereocenters. The van der Waals surface area contributed by atoms with Crippen molar-refractivity contribution >= 4 is 23.2 Å². The number of benzene rings is 1. The average Bonchev–Trinajstić information content (AvgIpc) is 2.73. The molecule has 5 nitrogen and oxygen atoms in total. The van der Waals surface area contributed by atoms with Crippen molar-refractivity contribution in [2.75, 3.05) is 36.4 Å². The monoisotopic (exact) mass is 441 g/mol. The molecule has 0 aliphatic carbocycles. The number of nitrogens with one attached hydrogen (secondary N) is 1. The topological polar surface area (TPSA) is 52.7 Å². The number of anilines is 2. The van der Waals surface area contributed by atoms with Crippen LogP contribution in [0.2, 0.25) is 0 Å². The van der Waals surface area contributed by atoms with Crippen molar-refractivity contribution in [1.29, 1.82) is 0 Å². The Morgan fingerprint density at radius 3 is 2.34 bits per heavy atom. The van der Waals surface area contributed by atoms with Gasteiger partial charge in [0.2, 0.25) is 5.91 Å². The first-order valence-corrected chi connectivity index (χ1v) is 12.6. The molecule has 0 radical (unpaired) electrons. The first-order valence-electron chi connectivity index (χ1n) is 12.6. The van der Waals surface area contributed by atoms with E-state index in [0.29, 0.717) is 12.3 Å². The minimum absolute atomic E-state index is 0.0256. The van der Waals surface area contributed by atoms with Crippen LogP contribution in [0.4, 0.5) is 11.4 Å². The maximum Gasteiger partial charge on any atom is 0.256 e. The van der Waals surface area contributed by atoms with Gasteiger partial charge in [-0.1, -0.05) is 34.6 Å². The van der Waals surface area contributed by atoms with E-state index in [-0.39, 0.29) is 17.2 Å². The summed E-state index contributed by atoms with van der Waals surface area (Å²) in [5.41, 5.74) is 2.70. The standard InChI is InChI=1S/C27H43N3O2/c1-20-11-15-29(16-12-20)24-10-9-22(28-25(31)17-21(2)19-27(3,4)5)18-23(24)26(32)30-13-7-6-8-14-30/h9-10,18,20-21H,6-8,11-17,19H2,1-5H3,(H,28,31). The number of likely N-dealkylation sites (tertiary alicyclic amines) is 1. The molecule has 0 spiro atoms. The lowest BCUT2D eigenvalue weighted by Crippen LogP contribution is -2.38. The third-order valence-electron chi connectivity index (χ3n) is 6.77. The van der Waals surface area contributed by atoms with E-state index < -0.39 is 0 Å². The van der Waals surface area contributed by atoms with Crippen LogP contribution in [0.3, 0.4) is 0 Å². The molecule has 32 heavy (non-hydrogen) atoms. The van der Waals surface area contributed by atoms with Gasteiger partial charge in [0.1, 0.15) is 0 Å². The lowest BCUT2D eigenvalue weighted by atomic mass is 9.84. The molecule has 1 aromatic rings. The number of carbonyl (C=O) groups is 2.